The Morgan fingerprint density at radius 3 is 2.38 bits per heavy atom. The molecule has 0 amide bonds. The summed E-state index contributed by atoms with van der Waals surface area (Å²) in [6.45, 7) is 0. The number of para-hydroxylation sites is 1. The molecule has 2 aromatic heterocycles. The first-order valence-electron chi connectivity index (χ1n) is 10.9. The van der Waals surface area contributed by atoms with Crippen molar-refractivity contribution in [2.75, 3.05) is 4.90 Å². The van der Waals surface area contributed by atoms with Gasteiger partial charge in [-0.3, -0.25) is 0 Å². The lowest BCUT2D eigenvalue weighted by Crippen LogP contribution is -2.12. The number of aryl methyl sites for hydroxylation is 3. The molecule has 1 aliphatic rings. The van der Waals surface area contributed by atoms with Crippen LogP contribution in [-0.2, 0) is 19.9 Å². The monoisotopic (exact) mass is 417 g/mol. The number of nitrogens with zero attached hydrogens (tertiary/aromatic N) is 5. The van der Waals surface area contributed by atoms with E-state index < -0.39 is 0 Å². The lowest BCUT2D eigenvalue weighted by molar-refractivity contribution is 0.880. The predicted molar refractivity (Wildman–Crippen MR) is 128 cm³/mol. The van der Waals surface area contributed by atoms with Gasteiger partial charge < -0.3 is 9.47 Å². The van der Waals surface area contributed by atoms with Gasteiger partial charge in [-0.1, -0.05) is 36.4 Å². The summed E-state index contributed by atoms with van der Waals surface area (Å²) < 4.78 is 3.97. The third kappa shape index (κ3) is 3.10. The van der Waals surface area contributed by atoms with Crippen molar-refractivity contribution in [1.82, 2.24) is 19.3 Å². The number of aromatic nitrogens is 4. The second-order valence-electron chi connectivity index (χ2n) is 8.14. The molecule has 0 aliphatic carbocycles. The van der Waals surface area contributed by atoms with E-state index in [2.05, 4.69) is 86.3 Å². The molecule has 32 heavy (non-hydrogen) atoms. The maximum absolute atomic E-state index is 4.58. The summed E-state index contributed by atoms with van der Waals surface area (Å²) in [5.74, 6) is 0.968. The fraction of sp³-hybridized carbons (Fsp3) is 0.111. The minimum atomic E-state index is 0.968. The summed E-state index contributed by atoms with van der Waals surface area (Å²) in [4.78, 5) is 6.97. The quantitative estimate of drug-likeness (QED) is 0.370. The summed E-state index contributed by atoms with van der Waals surface area (Å²) >= 11 is 0. The van der Waals surface area contributed by atoms with Crippen molar-refractivity contribution in [3.63, 3.8) is 0 Å². The number of rotatable bonds is 3. The molecule has 5 heteroatoms. The molecule has 1 aliphatic heterocycles. The molecule has 0 bridgehead atoms. The summed E-state index contributed by atoms with van der Waals surface area (Å²) in [7, 11) is 2.04. The summed E-state index contributed by atoms with van der Waals surface area (Å²) in [5.41, 5.74) is 8.38. The summed E-state index contributed by atoms with van der Waals surface area (Å²) in [6, 6.07) is 26.0. The highest BCUT2D eigenvalue weighted by molar-refractivity contribution is 5.84. The second kappa shape index (κ2) is 7.54. The summed E-state index contributed by atoms with van der Waals surface area (Å²) in [6.07, 6.45) is 9.64. The minimum Gasteiger partial charge on any atom is -0.334 e. The van der Waals surface area contributed by atoms with E-state index in [1.807, 2.05) is 42.6 Å². The zero-order valence-corrected chi connectivity index (χ0v) is 17.9. The molecule has 0 unspecified atom stereocenters. The number of fused-ring (bicyclic) bond motifs is 2. The van der Waals surface area contributed by atoms with Gasteiger partial charge in [-0.15, -0.1) is 0 Å². The Morgan fingerprint density at radius 1 is 0.719 bits per heavy atom. The van der Waals surface area contributed by atoms with Crippen molar-refractivity contribution in [2.45, 2.75) is 12.8 Å². The SMILES string of the molecule is Cn1ccnc1-c1ccc2c(c1)N(c1cccc(-n3cccn3)c1)c1ccccc1CC2. The highest BCUT2D eigenvalue weighted by atomic mass is 15.3. The van der Waals surface area contributed by atoms with E-state index in [0.29, 0.717) is 0 Å². The molecule has 0 fully saturated rings. The zero-order chi connectivity index (χ0) is 21.5. The van der Waals surface area contributed by atoms with Crippen LogP contribution in [-0.4, -0.2) is 19.3 Å². The Labute approximate surface area is 187 Å². The Morgan fingerprint density at radius 2 is 1.56 bits per heavy atom. The molecule has 5 aromatic rings. The van der Waals surface area contributed by atoms with Gasteiger partial charge in [-0.05, 0) is 60.4 Å². The highest BCUT2D eigenvalue weighted by Crippen LogP contribution is 2.43. The van der Waals surface area contributed by atoms with Crippen LogP contribution < -0.4 is 4.90 Å². The number of benzene rings is 3. The number of hydrogen-bond donors (Lipinski definition) is 0. The van der Waals surface area contributed by atoms with E-state index >= 15 is 0 Å². The van der Waals surface area contributed by atoms with Crippen LogP contribution in [0.4, 0.5) is 17.1 Å². The van der Waals surface area contributed by atoms with Crippen LogP contribution >= 0.6 is 0 Å². The van der Waals surface area contributed by atoms with Crippen LogP contribution in [0.25, 0.3) is 17.1 Å². The van der Waals surface area contributed by atoms with Crippen molar-refractivity contribution < 1.29 is 0 Å². The van der Waals surface area contributed by atoms with Crippen molar-refractivity contribution in [3.05, 3.63) is 109 Å². The molecule has 0 radical (unpaired) electrons. The Balaban J connectivity index is 1.57. The van der Waals surface area contributed by atoms with E-state index in [-0.39, 0.29) is 0 Å². The van der Waals surface area contributed by atoms with Crippen molar-refractivity contribution in [2.24, 2.45) is 7.05 Å². The van der Waals surface area contributed by atoms with Crippen LogP contribution in [0.5, 0.6) is 0 Å². The summed E-state index contributed by atoms with van der Waals surface area (Å²) in [5, 5.41) is 4.42. The first kappa shape index (κ1) is 18.6. The minimum absolute atomic E-state index is 0.968. The van der Waals surface area contributed by atoms with Gasteiger partial charge in [0, 0.05) is 48.8 Å². The lowest BCUT2D eigenvalue weighted by Gasteiger charge is -2.28. The molecule has 0 saturated heterocycles. The molecular formula is C27H23N5. The maximum Gasteiger partial charge on any atom is 0.139 e. The molecule has 5 nitrogen and oxygen atoms in total. The van der Waals surface area contributed by atoms with Gasteiger partial charge in [-0.25, -0.2) is 9.67 Å². The van der Waals surface area contributed by atoms with E-state index in [0.717, 1.165) is 35.6 Å². The van der Waals surface area contributed by atoms with Crippen LogP contribution in [0.15, 0.2) is 97.6 Å². The average Bonchev–Trinajstić information content (AvgIpc) is 3.48. The smallest absolute Gasteiger partial charge is 0.139 e. The molecule has 0 saturated carbocycles. The van der Waals surface area contributed by atoms with Gasteiger partial charge in [0.15, 0.2) is 0 Å². The van der Waals surface area contributed by atoms with Gasteiger partial charge in [-0.2, -0.15) is 5.10 Å². The second-order valence-corrected chi connectivity index (χ2v) is 8.14. The standard InChI is InChI=1S/C27H23N5/c1-30-17-15-28-27(30)22-13-12-21-11-10-20-6-2-3-9-25(20)32(26(21)18-22)24-8-4-7-23(19-24)31-16-5-14-29-31/h2-9,12-19H,10-11H2,1H3. The van der Waals surface area contributed by atoms with Crippen molar-refractivity contribution in [3.8, 4) is 17.1 Å². The fourth-order valence-electron chi connectivity index (χ4n) is 4.58. The van der Waals surface area contributed by atoms with E-state index in [1.54, 1.807) is 0 Å². The number of hydrogen-bond acceptors (Lipinski definition) is 3. The lowest BCUT2D eigenvalue weighted by atomic mass is 10.0. The van der Waals surface area contributed by atoms with E-state index in [9.17, 15) is 0 Å². The molecule has 6 rings (SSSR count). The number of imidazole rings is 1. The third-order valence-corrected chi connectivity index (χ3v) is 6.16. The Hall–Kier alpha value is -4.12. The normalized spacial score (nSPS) is 12.8. The van der Waals surface area contributed by atoms with Crippen molar-refractivity contribution in [1.29, 1.82) is 0 Å². The first-order valence-corrected chi connectivity index (χ1v) is 10.9. The largest absolute Gasteiger partial charge is 0.334 e. The predicted octanol–water partition coefficient (Wildman–Crippen LogP) is 5.84. The van der Waals surface area contributed by atoms with Gasteiger partial charge in [0.25, 0.3) is 0 Å². The van der Waals surface area contributed by atoms with E-state index in [4.69, 9.17) is 0 Å². The Kier molecular flexibility index (Phi) is 4.39. The molecule has 156 valence electrons. The highest BCUT2D eigenvalue weighted by Gasteiger charge is 2.23. The molecule has 0 atom stereocenters. The maximum atomic E-state index is 4.58. The van der Waals surface area contributed by atoms with Crippen LogP contribution in [0.1, 0.15) is 11.1 Å². The molecular weight excluding hydrogens is 394 g/mol. The Bertz CT molecular complexity index is 1400. The topological polar surface area (TPSA) is 38.9 Å². The molecule has 0 N–H and O–H groups in total. The van der Waals surface area contributed by atoms with Crippen molar-refractivity contribution >= 4 is 17.1 Å². The van der Waals surface area contributed by atoms with Crippen LogP contribution in [0.3, 0.4) is 0 Å². The van der Waals surface area contributed by atoms with Gasteiger partial charge in [0.2, 0.25) is 0 Å². The van der Waals surface area contributed by atoms with Gasteiger partial charge >= 0.3 is 0 Å². The number of anilines is 3. The zero-order valence-electron chi connectivity index (χ0n) is 17.9. The van der Waals surface area contributed by atoms with E-state index in [1.165, 1.54) is 22.5 Å². The molecule has 0 spiro atoms. The molecule has 3 aromatic carbocycles. The fourth-order valence-corrected chi connectivity index (χ4v) is 4.58. The van der Waals surface area contributed by atoms with Gasteiger partial charge in [0.05, 0.1) is 11.4 Å². The van der Waals surface area contributed by atoms with Crippen LogP contribution in [0, 0.1) is 0 Å². The average molecular weight is 418 g/mol. The third-order valence-electron chi connectivity index (χ3n) is 6.16. The molecule has 3 heterocycles. The van der Waals surface area contributed by atoms with Crippen LogP contribution in [0.2, 0.25) is 0 Å². The first-order chi connectivity index (χ1) is 15.8. The van der Waals surface area contributed by atoms with Gasteiger partial charge in [0.1, 0.15) is 5.82 Å².